The number of rotatable bonds is 5. The monoisotopic (exact) mass is 249 g/mol. The van der Waals surface area contributed by atoms with Crippen molar-refractivity contribution < 1.29 is 4.74 Å². The second-order valence-corrected chi connectivity index (χ2v) is 4.75. The summed E-state index contributed by atoms with van der Waals surface area (Å²) in [5.74, 6) is 0.923. The van der Waals surface area contributed by atoms with Gasteiger partial charge in [0.2, 0.25) is 0 Å². The van der Waals surface area contributed by atoms with E-state index in [0.717, 1.165) is 51.6 Å². The maximum absolute atomic E-state index is 5.58. The van der Waals surface area contributed by atoms with Crippen LogP contribution in [0.5, 0.6) is 5.75 Å². The minimum atomic E-state index is 0.762. The highest BCUT2D eigenvalue weighted by Gasteiger charge is 2.15. The third-order valence-electron chi connectivity index (χ3n) is 3.48. The van der Waals surface area contributed by atoms with Crippen molar-refractivity contribution in [2.75, 3.05) is 46.4 Å². The van der Waals surface area contributed by atoms with Gasteiger partial charge in [-0.05, 0) is 17.7 Å². The molecule has 0 unspecified atom stereocenters. The van der Waals surface area contributed by atoms with Gasteiger partial charge in [-0.2, -0.15) is 0 Å². The quantitative estimate of drug-likeness (QED) is 0.837. The van der Waals surface area contributed by atoms with E-state index in [2.05, 4.69) is 21.9 Å². The Morgan fingerprint density at radius 1 is 1.06 bits per heavy atom. The van der Waals surface area contributed by atoms with Crippen LogP contribution in [-0.4, -0.2) is 56.2 Å². The second kappa shape index (κ2) is 6.73. The van der Waals surface area contributed by atoms with Gasteiger partial charge < -0.3 is 10.5 Å². The molecule has 0 radical (unpaired) electrons. The van der Waals surface area contributed by atoms with Crippen LogP contribution in [0.4, 0.5) is 0 Å². The van der Waals surface area contributed by atoms with Gasteiger partial charge in [0.05, 0.1) is 7.11 Å². The SMILES string of the molecule is COc1ccc(CN2CCN(CCN)CC2)cc1. The molecule has 0 bridgehead atoms. The van der Waals surface area contributed by atoms with E-state index in [0.29, 0.717) is 0 Å². The highest BCUT2D eigenvalue weighted by molar-refractivity contribution is 5.27. The molecule has 0 spiro atoms. The number of nitrogens with zero attached hydrogens (tertiary/aromatic N) is 2. The van der Waals surface area contributed by atoms with E-state index in [-0.39, 0.29) is 0 Å². The van der Waals surface area contributed by atoms with Gasteiger partial charge in [-0.1, -0.05) is 12.1 Å². The summed E-state index contributed by atoms with van der Waals surface area (Å²) in [4.78, 5) is 4.93. The first-order chi connectivity index (χ1) is 8.81. The summed E-state index contributed by atoms with van der Waals surface area (Å²) in [6, 6.07) is 8.34. The van der Waals surface area contributed by atoms with E-state index in [1.54, 1.807) is 7.11 Å². The first-order valence-corrected chi connectivity index (χ1v) is 6.59. The van der Waals surface area contributed by atoms with Crippen LogP contribution in [-0.2, 0) is 6.54 Å². The third-order valence-corrected chi connectivity index (χ3v) is 3.48. The van der Waals surface area contributed by atoms with E-state index in [1.165, 1.54) is 5.56 Å². The summed E-state index contributed by atoms with van der Waals surface area (Å²) < 4.78 is 5.17. The second-order valence-electron chi connectivity index (χ2n) is 4.75. The summed E-state index contributed by atoms with van der Waals surface area (Å²) in [7, 11) is 1.70. The van der Waals surface area contributed by atoms with Gasteiger partial charge in [-0.15, -0.1) is 0 Å². The molecule has 0 saturated carbocycles. The zero-order valence-electron chi connectivity index (χ0n) is 11.1. The molecule has 2 N–H and O–H groups in total. The molecule has 0 atom stereocenters. The number of benzene rings is 1. The van der Waals surface area contributed by atoms with Gasteiger partial charge in [0.15, 0.2) is 0 Å². The van der Waals surface area contributed by atoms with Gasteiger partial charge in [-0.25, -0.2) is 0 Å². The normalized spacial score (nSPS) is 17.9. The number of piperazine rings is 1. The van der Waals surface area contributed by atoms with E-state index in [4.69, 9.17) is 10.5 Å². The average molecular weight is 249 g/mol. The van der Waals surface area contributed by atoms with E-state index in [1.807, 2.05) is 12.1 Å². The van der Waals surface area contributed by atoms with Crippen molar-refractivity contribution in [3.05, 3.63) is 29.8 Å². The van der Waals surface area contributed by atoms with Crippen LogP contribution in [0.25, 0.3) is 0 Å². The summed E-state index contributed by atoms with van der Waals surface area (Å²) in [6.07, 6.45) is 0. The lowest BCUT2D eigenvalue weighted by molar-refractivity contribution is 0.130. The van der Waals surface area contributed by atoms with Gasteiger partial charge in [0.1, 0.15) is 5.75 Å². The Morgan fingerprint density at radius 3 is 2.22 bits per heavy atom. The summed E-state index contributed by atoms with van der Waals surface area (Å²) >= 11 is 0. The van der Waals surface area contributed by atoms with Crippen LogP contribution in [0.2, 0.25) is 0 Å². The van der Waals surface area contributed by atoms with E-state index < -0.39 is 0 Å². The fraction of sp³-hybridized carbons (Fsp3) is 0.571. The largest absolute Gasteiger partial charge is 0.497 e. The van der Waals surface area contributed by atoms with Gasteiger partial charge in [0.25, 0.3) is 0 Å². The first kappa shape index (κ1) is 13.3. The lowest BCUT2D eigenvalue weighted by atomic mass is 10.2. The number of hydrogen-bond donors (Lipinski definition) is 1. The minimum absolute atomic E-state index is 0.762. The summed E-state index contributed by atoms with van der Waals surface area (Å²) in [6.45, 7) is 7.34. The maximum atomic E-state index is 5.58. The molecule has 2 rings (SSSR count). The van der Waals surface area contributed by atoms with Crippen molar-refractivity contribution in [1.29, 1.82) is 0 Å². The van der Waals surface area contributed by atoms with E-state index in [9.17, 15) is 0 Å². The highest BCUT2D eigenvalue weighted by Crippen LogP contribution is 2.13. The molecule has 1 aromatic carbocycles. The number of ether oxygens (including phenoxy) is 1. The molecule has 4 heteroatoms. The molecule has 1 saturated heterocycles. The predicted molar refractivity (Wildman–Crippen MR) is 73.8 cm³/mol. The van der Waals surface area contributed by atoms with Crippen LogP contribution in [0.1, 0.15) is 5.56 Å². The first-order valence-electron chi connectivity index (χ1n) is 6.59. The molecule has 18 heavy (non-hydrogen) atoms. The summed E-state index contributed by atoms with van der Waals surface area (Å²) in [5.41, 5.74) is 6.93. The lowest BCUT2D eigenvalue weighted by Gasteiger charge is -2.34. The average Bonchev–Trinajstić information content (AvgIpc) is 2.42. The zero-order valence-corrected chi connectivity index (χ0v) is 11.1. The molecule has 1 heterocycles. The molecule has 0 aliphatic carbocycles. The van der Waals surface area contributed by atoms with Crippen LogP contribution in [0.3, 0.4) is 0 Å². The molecular formula is C14H23N3O. The van der Waals surface area contributed by atoms with Crippen LogP contribution in [0.15, 0.2) is 24.3 Å². The number of hydrogen-bond acceptors (Lipinski definition) is 4. The van der Waals surface area contributed by atoms with Crippen molar-refractivity contribution in [1.82, 2.24) is 9.80 Å². The van der Waals surface area contributed by atoms with Crippen LogP contribution < -0.4 is 10.5 Å². The molecular weight excluding hydrogens is 226 g/mol. The maximum Gasteiger partial charge on any atom is 0.118 e. The van der Waals surface area contributed by atoms with Gasteiger partial charge in [-0.3, -0.25) is 9.80 Å². The Morgan fingerprint density at radius 2 is 1.67 bits per heavy atom. The van der Waals surface area contributed by atoms with Crippen molar-refractivity contribution >= 4 is 0 Å². The smallest absolute Gasteiger partial charge is 0.118 e. The molecule has 1 fully saturated rings. The molecule has 1 aliphatic heterocycles. The van der Waals surface area contributed by atoms with Crippen molar-refractivity contribution in [2.45, 2.75) is 6.54 Å². The Labute approximate surface area is 109 Å². The molecule has 1 aliphatic rings. The highest BCUT2D eigenvalue weighted by atomic mass is 16.5. The minimum Gasteiger partial charge on any atom is -0.497 e. The predicted octanol–water partition coefficient (Wildman–Crippen LogP) is 0.772. The lowest BCUT2D eigenvalue weighted by Crippen LogP contribution is -2.47. The molecule has 1 aromatic rings. The Balaban J connectivity index is 1.80. The van der Waals surface area contributed by atoms with Crippen LogP contribution >= 0.6 is 0 Å². The standard InChI is InChI=1S/C14H23N3O/c1-18-14-4-2-13(3-5-14)12-17-10-8-16(7-6-15)9-11-17/h2-5H,6-12,15H2,1H3. The van der Waals surface area contributed by atoms with Crippen LogP contribution in [0, 0.1) is 0 Å². The fourth-order valence-electron chi connectivity index (χ4n) is 2.34. The number of nitrogens with two attached hydrogens (primary N) is 1. The van der Waals surface area contributed by atoms with Crippen molar-refractivity contribution in [3.8, 4) is 5.75 Å². The van der Waals surface area contributed by atoms with Gasteiger partial charge in [0, 0.05) is 45.8 Å². The Bertz CT molecular complexity index is 345. The Kier molecular flexibility index (Phi) is 4.99. The topological polar surface area (TPSA) is 41.7 Å². The van der Waals surface area contributed by atoms with Gasteiger partial charge >= 0.3 is 0 Å². The third kappa shape index (κ3) is 3.70. The molecule has 0 amide bonds. The summed E-state index contributed by atoms with van der Waals surface area (Å²) in [5, 5.41) is 0. The van der Waals surface area contributed by atoms with E-state index >= 15 is 0 Å². The van der Waals surface area contributed by atoms with Crippen molar-refractivity contribution in [3.63, 3.8) is 0 Å². The fourth-order valence-corrected chi connectivity index (χ4v) is 2.34. The van der Waals surface area contributed by atoms with Crippen molar-refractivity contribution in [2.24, 2.45) is 5.73 Å². The molecule has 100 valence electrons. The Hall–Kier alpha value is -1.10. The number of methoxy groups -OCH3 is 1. The molecule has 4 nitrogen and oxygen atoms in total. The zero-order chi connectivity index (χ0) is 12.8. The molecule has 0 aromatic heterocycles.